The first-order valence-electron chi connectivity index (χ1n) is 7.80. The van der Waals surface area contributed by atoms with E-state index in [1.54, 1.807) is 11.1 Å². The highest BCUT2D eigenvalue weighted by molar-refractivity contribution is 8.04. The second kappa shape index (κ2) is 6.29. The first-order valence-corrected chi connectivity index (χ1v) is 8.62. The molecule has 3 nitrogen and oxygen atoms in total. The third-order valence-corrected chi connectivity index (χ3v) is 4.80. The zero-order valence-electron chi connectivity index (χ0n) is 13.9. The Hall–Kier alpha value is -2.33. The van der Waals surface area contributed by atoms with Gasteiger partial charge in [0, 0.05) is 27.8 Å². The molecule has 1 aliphatic heterocycles. The molecule has 2 aromatic rings. The third-order valence-electron chi connectivity index (χ3n) is 3.72. The van der Waals surface area contributed by atoms with Crippen LogP contribution in [0.3, 0.4) is 0 Å². The van der Waals surface area contributed by atoms with Crippen molar-refractivity contribution in [3.05, 3.63) is 71.3 Å². The van der Waals surface area contributed by atoms with E-state index in [1.165, 1.54) is 11.8 Å². The molecule has 1 heterocycles. The molecule has 1 aliphatic rings. The lowest BCUT2D eigenvalue weighted by atomic mass is 9.94. The Morgan fingerprint density at radius 2 is 1.62 bits per heavy atom. The van der Waals surface area contributed by atoms with E-state index in [1.807, 2.05) is 75.4 Å². The smallest absolute Gasteiger partial charge is 0.236 e. The zero-order valence-corrected chi connectivity index (χ0v) is 14.8. The summed E-state index contributed by atoms with van der Waals surface area (Å²) in [5.74, 6) is -0.0798. The van der Waals surface area contributed by atoms with Crippen LogP contribution in [0.25, 0.3) is 0 Å². The normalized spacial score (nSPS) is 15.5. The SMILES string of the molecule is CC(C)(C)C(=O)N(C=C1Sc2ccccc2C1=O)c1ccccc1. The number of nitrogens with zero attached hydrogens (tertiary/aromatic N) is 1. The summed E-state index contributed by atoms with van der Waals surface area (Å²) in [7, 11) is 0. The van der Waals surface area contributed by atoms with Crippen LogP contribution < -0.4 is 4.90 Å². The summed E-state index contributed by atoms with van der Waals surface area (Å²) in [6.07, 6.45) is 1.68. The minimum atomic E-state index is -0.550. The largest absolute Gasteiger partial charge is 0.288 e. The molecular weight excluding hydrogens is 318 g/mol. The minimum Gasteiger partial charge on any atom is -0.288 e. The lowest BCUT2D eigenvalue weighted by molar-refractivity contribution is -0.125. The number of anilines is 1. The van der Waals surface area contributed by atoms with E-state index in [9.17, 15) is 9.59 Å². The van der Waals surface area contributed by atoms with Crippen LogP contribution in [0, 0.1) is 5.41 Å². The molecular formula is C20H19NO2S. The Morgan fingerprint density at radius 3 is 2.25 bits per heavy atom. The van der Waals surface area contributed by atoms with Gasteiger partial charge < -0.3 is 0 Å². The van der Waals surface area contributed by atoms with E-state index in [4.69, 9.17) is 0 Å². The van der Waals surface area contributed by atoms with E-state index in [0.29, 0.717) is 10.5 Å². The van der Waals surface area contributed by atoms with Gasteiger partial charge >= 0.3 is 0 Å². The first-order chi connectivity index (χ1) is 11.4. The van der Waals surface area contributed by atoms with Gasteiger partial charge in [-0.25, -0.2) is 0 Å². The van der Waals surface area contributed by atoms with Crippen LogP contribution >= 0.6 is 11.8 Å². The van der Waals surface area contributed by atoms with Gasteiger partial charge in [-0.1, -0.05) is 62.9 Å². The molecule has 4 heteroatoms. The van der Waals surface area contributed by atoms with Crippen LogP contribution in [0.1, 0.15) is 31.1 Å². The third kappa shape index (κ3) is 3.15. The fourth-order valence-electron chi connectivity index (χ4n) is 2.44. The maximum absolute atomic E-state index is 12.9. The highest BCUT2D eigenvalue weighted by Crippen LogP contribution is 2.40. The zero-order chi connectivity index (χ0) is 17.3. The van der Waals surface area contributed by atoms with E-state index in [2.05, 4.69) is 0 Å². The van der Waals surface area contributed by atoms with Gasteiger partial charge in [0.05, 0.1) is 4.91 Å². The van der Waals surface area contributed by atoms with Crippen LogP contribution in [-0.2, 0) is 4.79 Å². The number of hydrogen-bond acceptors (Lipinski definition) is 3. The van der Waals surface area contributed by atoms with E-state index in [-0.39, 0.29) is 11.7 Å². The van der Waals surface area contributed by atoms with Gasteiger partial charge in [-0.15, -0.1) is 0 Å². The van der Waals surface area contributed by atoms with Crippen molar-refractivity contribution in [3.63, 3.8) is 0 Å². The minimum absolute atomic E-state index is 0.0294. The summed E-state index contributed by atoms with van der Waals surface area (Å²) in [4.78, 5) is 28.6. The number of allylic oxidation sites excluding steroid dienone is 1. The predicted molar refractivity (Wildman–Crippen MR) is 98.1 cm³/mol. The van der Waals surface area contributed by atoms with Crippen LogP contribution in [0.2, 0.25) is 0 Å². The lowest BCUT2D eigenvalue weighted by Crippen LogP contribution is -2.36. The maximum Gasteiger partial charge on any atom is 0.236 e. The predicted octanol–water partition coefficient (Wildman–Crippen LogP) is 4.90. The van der Waals surface area contributed by atoms with Crippen molar-refractivity contribution in [1.29, 1.82) is 0 Å². The molecule has 2 aromatic carbocycles. The molecule has 0 atom stereocenters. The van der Waals surface area contributed by atoms with Crippen molar-refractivity contribution >= 4 is 29.1 Å². The molecule has 3 rings (SSSR count). The maximum atomic E-state index is 12.9. The Kier molecular flexibility index (Phi) is 4.33. The van der Waals surface area contributed by atoms with Crippen LogP contribution in [0.15, 0.2) is 70.6 Å². The van der Waals surface area contributed by atoms with Gasteiger partial charge in [0.25, 0.3) is 0 Å². The molecule has 0 saturated heterocycles. The molecule has 0 spiro atoms. The number of hydrogen-bond donors (Lipinski definition) is 0. The summed E-state index contributed by atoms with van der Waals surface area (Å²) in [6, 6.07) is 16.9. The molecule has 0 fully saturated rings. The summed E-state index contributed by atoms with van der Waals surface area (Å²) in [5.41, 5.74) is 0.908. The second-order valence-electron chi connectivity index (χ2n) is 6.68. The highest BCUT2D eigenvalue weighted by atomic mass is 32.2. The number of para-hydroxylation sites is 1. The van der Waals surface area contributed by atoms with Gasteiger partial charge in [-0.3, -0.25) is 14.5 Å². The lowest BCUT2D eigenvalue weighted by Gasteiger charge is -2.27. The number of ketones is 1. The van der Waals surface area contributed by atoms with E-state index >= 15 is 0 Å². The molecule has 0 aromatic heterocycles. The molecule has 0 aliphatic carbocycles. The van der Waals surface area contributed by atoms with E-state index < -0.39 is 5.41 Å². The Morgan fingerprint density at radius 1 is 1.00 bits per heavy atom. The van der Waals surface area contributed by atoms with Crippen LogP contribution in [0.4, 0.5) is 5.69 Å². The molecule has 122 valence electrons. The van der Waals surface area contributed by atoms with Gasteiger partial charge in [0.2, 0.25) is 11.7 Å². The Bertz CT molecular complexity index is 819. The van der Waals surface area contributed by atoms with Crippen LogP contribution in [-0.4, -0.2) is 11.7 Å². The topological polar surface area (TPSA) is 37.4 Å². The first kappa shape index (κ1) is 16.5. The Balaban J connectivity index is 2.02. The average molecular weight is 337 g/mol. The summed E-state index contributed by atoms with van der Waals surface area (Å²) >= 11 is 1.41. The number of fused-ring (bicyclic) bond motifs is 1. The fraction of sp³-hybridized carbons (Fsp3) is 0.200. The number of rotatable bonds is 2. The van der Waals surface area contributed by atoms with Crippen LogP contribution in [0.5, 0.6) is 0 Å². The van der Waals surface area contributed by atoms with Gasteiger partial charge in [0.15, 0.2) is 0 Å². The molecule has 0 bridgehead atoms. The van der Waals surface area contributed by atoms with Gasteiger partial charge in [-0.05, 0) is 24.3 Å². The van der Waals surface area contributed by atoms with Gasteiger partial charge in [0.1, 0.15) is 0 Å². The Labute approximate surface area is 146 Å². The molecule has 0 radical (unpaired) electrons. The summed E-state index contributed by atoms with van der Waals surface area (Å²) in [5, 5.41) is 0. The summed E-state index contributed by atoms with van der Waals surface area (Å²) in [6.45, 7) is 5.63. The quantitative estimate of drug-likeness (QED) is 0.732. The van der Waals surface area contributed by atoms with E-state index in [0.717, 1.165) is 10.6 Å². The molecule has 0 unspecified atom stereocenters. The van der Waals surface area contributed by atoms with Crippen molar-refractivity contribution in [3.8, 4) is 0 Å². The van der Waals surface area contributed by atoms with Crippen molar-refractivity contribution in [2.45, 2.75) is 25.7 Å². The number of carbonyl (C=O) groups excluding carboxylic acids is 2. The second-order valence-corrected chi connectivity index (χ2v) is 7.77. The monoisotopic (exact) mass is 337 g/mol. The van der Waals surface area contributed by atoms with Crippen molar-refractivity contribution in [1.82, 2.24) is 0 Å². The molecule has 0 N–H and O–H groups in total. The average Bonchev–Trinajstić information content (AvgIpc) is 2.88. The number of benzene rings is 2. The molecule has 24 heavy (non-hydrogen) atoms. The number of carbonyl (C=O) groups is 2. The molecule has 0 saturated carbocycles. The number of Topliss-reactive ketones (excluding diaryl/α,β-unsaturated/α-hetero) is 1. The summed E-state index contributed by atoms with van der Waals surface area (Å²) < 4.78 is 0. The molecule has 1 amide bonds. The van der Waals surface area contributed by atoms with Gasteiger partial charge in [-0.2, -0.15) is 0 Å². The highest BCUT2D eigenvalue weighted by Gasteiger charge is 2.31. The number of thioether (sulfide) groups is 1. The van der Waals surface area contributed by atoms with Crippen molar-refractivity contribution in [2.75, 3.05) is 4.90 Å². The van der Waals surface area contributed by atoms with Crippen molar-refractivity contribution in [2.24, 2.45) is 5.41 Å². The number of amides is 1. The van der Waals surface area contributed by atoms with Crippen molar-refractivity contribution < 1.29 is 9.59 Å². The standard InChI is InChI=1S/C20H19NO2S/c1-20(2,3)19(23)21(14-9-5-4-6-10-14)13-17-18(22)15-11-7-8-12-16(15)24-17/h4-13H,1-3H3. The fourth-order valence-corrected chi connectivity index (χ4v) is 3.46.